The van der Waals surface area contributed by atoms with Gasteiger partial charge in [0.25, 0.3) is 0 Å². The Morgan fingerprint density at radius 1 is 0.875 bits per heavy atom. The maximum absolute atomic E-state index is 12.8. The molecule has 0 bridgehead atoms. The highest BCUT2D eigenvalue weighted by Crippen LogP contribution is 2.43. The fraction of sp³-hybridized carbons (Fsp3) is 1.00. The molecule has 0 amide bonds. The zero-order valence-electron chi connectivity index (χ0n) is 13.4. The third kappa shape index (κ3) is 4.34. The Labute approximate surface area is 137 Å². The number of alkyl halides is 6. The highest BCUT2D eigenvalue weighted by molar-refractivity contribution is 8.04. The summed E-state index contributed by atoms with van der Waals surface area (Å²) in [6.45, 7) is 4.34. The number of sulfonamides is 2. The lowest BCUT2D eigenvalue weighted by Crippen LogP contribution is -2.60. The van der Waals surface area contributed by atoms with Crippen LogP contribution in [0.4, 0.5) is 26.3 Å². The van der Waals surface area contributed by atoms with Crippen LogP contribution in [0.2, 0.25) is 0 Å². The fourth-order valence-corrected chi connectivity index (χ4v) is 5.50. The number of halogens is 6. The summed E-state index contributed by atoms with van der Waals surface area (Å²) < 4.78 is 122. The maximum Gasteiger partial charge on any atom is 0.512 e. The Morgan fingerprint density at radius 2 is 1.21 bits per heavy atom. The van der Waals surface area contributed by atoms with Crippen molar-refractivity contribution in [2.75, 3.05) is 0 Å². The molecule has 0 aromatic heterocycles. The van der Waals surface area contributed by atoms with E-state index in [-0.39, 0.29) is 6.42 Å². The van der Waals surface area contributed by atoms with Gasteiger partial charge in [-0.25, -0.2) is 16.8 Å². The van der Waals surface area contributed by atoms with Gasteiger partial charge in [-0.05, 0) is 26.2 Å². The van der Waals surface area contributed by atoms with Crippen molar-refractivity contribution in [1.29, 1.82) is 0 Å². The summed E-state index contributed by atoms with van der Waals surface area (Å²) in [5, 5.41) is 0. The molecule has 13 heteroatoms. The molecule has 0 heterocycles. The first-order chi connectivity index (χ1) is 10.3. The van der Waals surface area contributed by atoms with Gasteiger partial charge < -0.3 is 0 Å². The van der Waals surface area contributed by atoms with Crippen LogP contribution in [0.15, 0.2) is 0 Å². The second kappa shape index (κ2) is 6.98. The van der Waals surface area contributed by atoms with Crippen molar-refractivity contribution in [2.24, 2.45) is 5.92 Å². The van der Waals surface area contributed by atoms with E-state index in [2.05, 4.69) is 0 Å². The average molecular weight is 407 g/mol. The van der Waals surface area contributed by atoms with Crippen LogP contribution >= 0.6 is 0 Å². The third-order valence-corrected chi connectivity index (χ3v) is 7.85. The first-order valence-corrected chi connectivity index (χ1v) is 9.66. The Bertz CT molecular complexity index is 592. The van der Waals surface area contributed by atoms with Crippen LogP contribution in [0.25, 0.3) is 0 Å². The minimum Gasteiger partial charge on any atom is -0.202 e. The Hall–Kier alpha value is -0.560. The van der Waals surface area contributed by atoms with Gasteiger partial charge in [0.2, 0.25) is 0 Å². The van der Waals surface area contributed by atoms with Crippen LogP contribution in [0.3, 0.4) is 0 Å². The highest BCUT2D eigenvalue weighted by Gasteiger charge is 2.66. The van der Waals surface area contributed by atoms with Gasteiger partial charge in [0, 0.05) is 5.54 Å². The standard InChI is InChI=1S/C11H19F6NO4S2/c1-5-6-7-8(2)9(3,4)18(23(19,20)10(12,13)14)24(21,22)11(15,16)17/h8H,5-7H2,1-4H3. The van der Waals surface area contributed by atoms with Gasteiger partial charge in [-0.1, -0.05) is 30.4 Å². The number of unbranched alkanes of at least 4 members (excludes halogenated alkanes) is 1. The molecular weight excluding hydrogens is 388 g/mol. The summed E-state index contributed by atoms with van der Waals surface area (Å²) >= 11 is 0. The molecule has 1 atom stereocenters. The van der Waals surface area contributed by atoms with Gasteiger partial charge >= 0.3 is 31.1 Å². The molecular formula is C11H19F6NO4S2. The van der Waals surface area contributed by atoms with Gasteiger partial charge in [0.15, 0.2) is 0 Å². The van der Waals surface area contributed by atoms with Crippen molar-refractivity contribution in [2.45, 2.75) is 63.5 Å². The van der Waals surface area contributed by atoms with Crippen molar-refractivity contribution in [1.82, 2.24) is 3.71 Å². The van der Waals surface area contributed by atoms with E-state index in [1.807, 2.05) is 0 Å². The zero-order valence-corrected chi connectivity index (χ0v) is 15.0. The van der Waals surface area contributed by atoms with Crippen molar-refractivity contribution in [3.8, 4) is 0 Å². The van der Waals surface area contributed by atoms with Gasteiger partial charge in [0.1, 0.15) is 0 Å². The topological polar surface area (TPSA) is 71.5 Å². The largest absolute Gasteiger partial charge is 0.512 e. The predicted molar refractivity (Wildman–Crippen MR) is 74.6 cm³/mol. The summed E-state index contributed by atoms with van der Waals surface area (Å²) in [7, 11) is -13.6. The maximum atomic E-state index is 12.8. The molecule has 0 radical (unpaired) electrons. The quantitative estimate of drug-likeness (QED) is 0.605. The summed E-state index contributed by atoms with van der Waals surface area (Å²) in [5.41, 5.74) is -14.9. The number of hydrogen-bond acceptors (Lipinski definition) is 4. The molecule has 0 rings (SSSR count). The molecule has 0 aromatic rings. The molecule has 0 saturated heterocycles. The first kappa shape index (κ1) is 23.4. The molecule has 24 heavy (non-hydrogen) atoms. The van der Waals surface area contributed by atoms with Crippen molar-refractivity contribution in [3.05, 3.63) is 0 Å². The highest BCUT2D eigenvalue weighted by atomic mass is 32.3. The Balaban J connectivity index is 6.51. The molecule has 0 spiro atoms. The Kier molecular flexibility index (Phi) is 6.82. The van der Waals surface area contributed by atoms with Gasteiger partial charge in [-0.3, -0.25) is 0 Å². The van der Waals surface area contributed by atoms with Crippen LogP contribution in [0.5, 0.6) is 0 Å². The molecule has 0 fully saturated rings. The third-order valence-electron chi connectivity index (χ3n) is 3.69. The SMILES string of the molecule is CCCCC(C)C(C)(C)N(S(=O)(=O)C(F)(F)F)S(=O)(=O)C(F)(F)F. The molecule has 1 unspecified atom stereocenters. The van der Waals surface area contributed by atoms with Gasteiger partial charge in [0.05, 0.1) is 0 Å². The minimum absolute atomic E-state index is 0.0424. The predicted octanol–water partition coefficient (Wildman–Crippen LogP) is 3.59. The molecule has 0 aromatic carbocycles. The van der Waals surface area contributed by atoms with E-state index in [4.69, 9.17) is 0 Å². The molecule has 0 aliphatic carbocycles. The van der Waals surface area contributed by atoms with Crippen molar-refractivity contribution >= 4 is 20.0 Å². The normalized spacial score (nSPS) is 16.5. The zero-order chi connectivity index (χ0) is 19.8. The average Bonchev–Trinajstić information content (AvgIpc) is 2.31. The van der Waals surface area contributed by atoms with Gasteiger partial charge in [-0.2, -0.15) is 26.3 Å². The van der Waals surface area contributed by atoms with E-state index in [0.717, 1.165) is 13.8 Å². The van der Waals surface area contributed by atoms with E-state index < -0.39 is 46.2 Å². The number of hydrogen-bond donors (Lipinski definition) is 0. The number of nitrogens with zero attached hydrogens (tertiary/aromatic N) is 1. The van der Waals surface area contributed by atoms with Crippen molar-refractivity contribution < 1.29 is 43.2 Å². The molecule has 146 valence electrons. The van der Waals surface area contributed by atoms with E-state index in [9.17, 15) is 43.2 Å². The fourth-order valence-electron chi connectivity index (χ4n) is 1.98. The summed E-state index contributed by atoms with van der Waals surface area (Å²) in [4.78, 5) is 0. The lowest BCUT2D eigenvalue weighted by Gasteiger charge is -2.40. The van der Waals surface area contributed by atoms with Crippen LogP contribution in [0, 0.1) is 5.92 Å². The van der Waals surface area contributed by atoms with E-state index >= 15 is 0 Å². The summed E-state index contributed by atoms with van der Waals surface area (Å²) in [5.74, 6) is -1.09. The van der Waals surface area contributed by atoms with Crippen molar-refractivity contribution in [3.63, 3.8) is 0 Å². The smallest absolute Gasteiger partial charge is 0.202 e. The van der Waals surface area contributed by atoms with E-state index in [1.54, 1.807) is 6.92 Å². The van der Waals surface area contributed by atoms with Crippen LogP contribution in [-0.4, -0.2) is 37.1 Å². The van der Waals surface area contributed by atoms with Gasteiger partial charge in [-0.15, -0.1) is 0 Å². The van der Waals surface area contributed by atoms with Crippen LogP contribution in [-0.2, 0) is 20.0 Å². The monoisotopic (exact) mass is 407 g/mol. The lowest BCUT2D eigenvalue weighted by molar-refractivity contribution is -0.0577. The molecule has 5 nitrogen and oxygen atoms in total. The molecule has 0 aliphatic heterocycles. The minimum atomic E-state index is -6.78. The molecule has 0 saturated carbocycles. The van der Waals surface area contributed by atoms with Crippen LogP contribution < -0.4 is 0 Å². The van der Waals surface area contributed by atoms with E-state index in [1.165, 1.54) is 6.92 Å². The summed E-state index contributed by atoms with van der Waals surface area (Å²) in [6, 6.07) is 0. The second-order valence-electron chi connectivity index (χ2n) is 5.80. The lowest BCUT2D eigenvalue weighted by atomic mass is 9.86. The number of rotatable bonds is 7. The molecule has 0 aliphatic rings. The second-order valence-corrected chi connectivity index (χ2v) is 9.58. The van der Waals surface area contributed by atoms with E-state index in [0.29, 0.717) is 12.8 Å². The Morgan fingerprint density at radius 3 is 1.46 bits per heavy atom. The first-order valence-electron chi connectivity index (χ1n) is 6.78. The molecule has 0 N–H and O–H groups in total. The summed E-state index contributed by atoms with van der Waals surface area (Å²) in [6.07, 6.45) is 0.954. The van der Waals surface area contributed by atoms with Crippen LogP contribution in [0.1, 0.15) is 47.0 Å².